The standard InChI is InChI=1S/C48H28N4OS/c1-3-14-31(15-4-1)43-35-19-10-9-13-30(35)24-25-37(43)47-51-45(34-23-22-29-12-7-8-18-33(29)26-34)50-46(52-47)36-20-11-21-41-44(36)38-27-40-39(28-42(38)54-41)49-48(53-40)32-16-5-2-6-17-32/h1-28H. The molecule has 0 saturated heterocycles. The predicted octanol–water partition coefficient (Wildman–Crippen LogP) is 13.0. The summed E-state index contributed by atoms with van der Waals surface area (Å²) >= 11 is 1.74. The first-order valence-corrected chi connectivity index (χ1v) is 18.7. The quantitative estimate of drug-likeness (QED) is 0.178. The fraction of sp³-hybridized carbons (Fsp3) is 0. The third-order valence-electron chi connectivity index (χ3n) is 10.1. The number of rotatable bonds is 5. The number of thiophene rings is 1. The van der Waals surface area contributed by atoms with Gasteiger partial charge in [-0.25, -0.2) is 19.9 Å². The second-order valence-electron chi connectivity index (χ2n) is 13.4. The Labute approximate surface area is 313 Å². The van der Waals surface area contributed by atoms with Crippen molar-refractivity contribution in [2.24, 2.45) is 0 Å². The van der Waals surface area contributed by atoms with Gasteiger partial charge in [-0.3, -0.25) is 0 Å². The minimum Gasteiger partial charge on any atom is -0.436 e. The maximum absolute atomic E-state index is 6.36. The molecule has 0 aliphatic heterocycles. The highest BCUT2D eigenvalue weighted by Crippen LogP contribution is 2.43. The van der Waals surface area contributed by atoms with E-state index in [-0.39, 0.29) is 0 Å². The largest absolute Gasteiger partial charge is 0.436 e. The van der Waals surface area contributed by atoms with E-state index in [0.29, 0.717) is 23.4 Å². The monoisotopic (exact) mass is 708 g/mol. The van der Waals surface area contributed by atoms with Gasteiger partial charge >= 0.3 is 0 Å². The van der Waals surface area contributed by atoms with Crippen molar-refractivity contribution < 1.29 is 4.42 Å². The molecule has 0 atom stereocenters. The van der Waals surface area contributed by atoms with Crippen molar-refractivity contribution in [1.29, 1.82) is 0 Å². The van der Waals surface area contributed by atoms with Crippen molar-refractivity contribution in [1.82, 2.24) is 19.9 Å². The van der Waals surface area contributed by atoms with Gasteiger partial charge in [0.1, 0.15) is 5.52 Å². The number of hydrogen-bond donors (Lipinski definition) is 0. The van der Waals surface area contributed by atoms with Crippen LogP contribution in [0.25, 0.3) is 110 Å². The van der Waals surface area contributed by atoms with Gasteiger partial charge in [0.2, 0.25) is 5.89 Å². The summed E-state index contributed by atoms with van der Waals surface area (Å²) < 4.78 is 8.63. The van der Waals surface area contributed by atoms with Gasteiger partial charge in [0.05, 0.1) is 0 Å². The molecular formula is C48H28N4OS. The first-order valence-electron chi connectivity index (χ1n) is 17.9. The van der Waals surface area contributed by atoms with E-state index in [0.717, 1.165) is 80.8 Å². The van der Waals surface area contributed by atoms with Crippen LogP contribution in [0.15, 0.2) is 174 Å². The Hall–Kier alpha value is -7.02. The molecule has 6 heteroatoms. The van der Waals surface area contributed by atoms with E-state index in [9.17, 15) is 0 Å². The van der Waals surface area contributed by atoms with E-state index >= 15 is 0 Å². The van der Waals surface area contributed by atoms with Gasteiger partial charge in [-0.15, -0.1) is 11.3 Å². The van der Waals surface area contributed by atoms with E-state index in [1.165, 1.54) is 5.39 Å². The molecule has 11 aromatic rings. The lowest BCUT2D eigenvalue weighted by molar-refractivity contribution is 0.620. The van der Waals surface area contributed by atoms with Crippen LogP contribution in [0.1, 0.15) is 0 Å². The number of nitrogens with zero attached hydrogens (tertiary/aromatic N) is 4. The smallest absolute Gasteiger partial charge is 0.227 e. The van der Waals surface area contributed by atoms with Crippen LogP contribution in [0.2, 0.25) is 0 Å². The Balaban J connectivity index is 1.17. The molecule has 3 aromatic heterocycles. The molecular weight excluding hydrogens is 681 g/mol. The molecule has 252 valence electrons. The molecule has 0 spiro atoms. The van der Waals surface area contributed by atoms with Crippen LogP contribution >= 0.6 is 11.3 Å². The summed E-state index contributed by atoms with van der Waals surface area (Å²) in [4.78, 5) is 20.7. The fourth-order valence-electron chi connectivity index (χ4n) is 7.59. The second-order valence-corrected chi connectivity index (χ2v) is 14.5. The third kappa shape index (κ3) is 5.07. The van der Waals surface area contributed by atoms with Crippen LogP contribution < -0.4 is 0 Å². The number of fused-ring (bicyclic) bond motifs is 6. The van der Waals surface area contributed by atoms with Crippen LogP contribution in [-0.4, -0.2) is 19.9 Å². The first kappa shape index (κ1) is 30.6. The van der Waals surface area contributed by atoms with Gasteiger partial charge in [0, 0.05) is 48.0 Å². The van der Waals surface area contributed by atoms with Gasteiger partial charge in [-0.05, 0) is 69.6 Å². The van der Waals surface area contributed by atoms with Crippen LogP contribution in [0, 0.1) is 0 Å². The zero-order valence-corrected chi connectivity index (χ0v) is 29.6. The summed E-state index contributed by atoms with van der Waals surface area (Å²) in [6, 6.07) is 58.8. The highest BCUT2D eigenvalue weighted by molar-refractivity contribution is 7.26. The summed E-state index contributed by atoms with van der Waals surface area (Å²) in [5, 5.41) is 6.77. The molecule has 11 rings (SSSR count). The first-order chi connectivity index (χ1) is 26.7. The van der Waals surface area contributed by atoms with Gasteiger partial charge in [0.25, 0.3) is 0 Å². The lowest BCUT2D eigenvalue weighted by Crippen LogP contribution is -2.01. The molecule has 0 aliphatic rings. The predicted molar refractivity (Wildman–Crippen MR) is 222 cm³/mol. The lowest BCUT2D eigenvalue weighted by atomic mass is 9.93. The van der Waals surface area contributed by atoms with Gasteiger partial charge in [-0.1, -0.05) is 127 Å². The average molecular weight is 709 g/mol. The second kappa shape index (κ2) is 12.3. The molecule has 0 N–H and O–H groups in total. The molecule has 0 radical (unpaired) electrons. The van der Waals surface area contributed by atoms with Gasteiger partial charge in [0.15, 0.2) is 23.1 Å². The number of aromatic nitrogens is 4. The molecule has 0 aliphatic carbocycles. The Morgan fingerprint density at radius 3 is 1.93 bits per heavy atom. The molecule has 0 bridgehead atoms. The van der Waals surface area contributed by atoms with Crippen molar-refractivity contribution in [2.75, 3.05) is 0 Å². The van der Waals surface area contributed by atoms with Gasteiger partial charge in [-0.2, -0.15) is 0 Å². The zero-order chi connectivity index (χ0) is 35.6. The Kier molecular flexibility index (Phi) is 6.97. The lowest BCUT2D eigenvalue weighted by Gasteiger charge is -2.15. The SMILES string of the molecule is c1ccc(-c2nc3cc4sc5cccc(-c6nc(-c7ccc8ccccc8c7)nc(-c7ccc8ccccc8c7-c7ccccc7)n6)c5c4cc3o2)cc1. The zero-order valence-electron chi connectivity index (χ0n) is 28.8. The summed E-state index contributed by atoms with van der Waals surface area (Å²) in [5.41, 5.74) is 7.54. The molecule has 0 amide bonds. The molecule has 0 saturated carbocycles. The van der Waals surface area contributed by atoms with Crippen molar-refractivity contribution >= 4 is 64.2 Å². The third-order valence-corrected chi connectivity index (χ3v) is 11.3. The molecule has 0 unspecified atom stereocenters. The average Bonchev–Trinajstić information content (AvgIpc) is 3.83. The maximum Gasteiger partial charge on any atom is 0.227 e. The number of oxazole rings is 1. The Bertz CT molecular complexity index is 3220. The van der Waals surface area contributed by atoms with Crippen molar-refractivity contribution in [3.8, 4) is 56.7 Å². The topological polar surface area (TPSA) is 64.7 Å². The van der Waals surface area contributed by atoms with Gasteiger partial charge < -0.3 is 4.42 Å². The van der Waals surface area contributed by atoms with Crippen molar-refractivity contribution in [3.05, 3.63) is 170 Å². The summed E-state index contributed by atoms with van der Waals surface area (Å²) in [6.45, 7) is 0. The van der Waals surface area contributed by atoms with Crippen molar-refractivity contribution in [2.45, 2.75) is 0 Å². The fourth-order valence-corrected chi connectivity index (χ4v) is 8.73. The van der Waals surface area contributed by atoms with Crippen LogP contribution in [0.3, 0.4) is 0 Å². The number of hydrogen-bond acceptors (Lipinski definition) is 6. The van der Waals surface area contributed by atoms with Crippen LogP contribution in [0.4, 0.5) is 0 Å². The van der Waals surface area contributed by atoms with Crippen LogP contribution in [0.5, 0.6) is 0 Å². The Morgan fingerprint density at radius 2 is 1.09 bits per heavy atom. The summed E-state index contributed by atoms with van der Waals surface area (Å²) in [6.07, 6.45) is 0. The molecule has 3 heterocycles. The summed E-state index contributed by atoms with van der Waals surface area (Å²) in [5.74, 6) is 2.46. The Morgan fingerprint density at radius 1 is 0.407 bits per heavy atom. The normalized spacial score (nSPS) is 11.7. The molecule has 54 heavy (non-hydrogen) atoms. The van der Waals surface area contributed by atoms with E-state index in [1.54, 1.807) is 11.3 Å². The highest BCUT2D eigenvalue weighted by atomic mass is 32.1. The highest BCUT2D eigenvalue weighted by Gasteiger charge is 2.21. The van der Waals surface area contributed by atoms with E-state index in [2.05, 4.69) is 133 Å². The molecule has 0 fully saturated rings. The minimum atomic E-state index is 0.611. The molecule has 5 nitrogen and oxygen atoms in total. The summed E-state index contributed by atoms with van der Waals surface area (Å²) in [7, 11) is 0. The van der Waals surface area contributed by atoms with Crippen molar-refractivity contribution in [3.63, 3.8) is 0 Å². The van der Waals surface area contributed by atoms with E-state index in [4.69, 9.17) is 24.4 Å². The number of benzene rings is 8. The molecule has 8 aromatic carbocycles. The minimum absolute atomic E-state index is 0.611. The maximum atomic E-state index is 6.36. The van der Waals surface area contributed by atoms with Crippen LogP contribution in [-0.2, 0) is 0 Å². The van der Waals surface area contributed by atoms with E-state index < -0.39 is 0 Å². The van der Waals surface area contributed by atoms with E-state index in [1.807, 2.05) is 36.4 Å².